The van der Waals surface area contributed by atoms with Crippen molar-refractivity contribution in [2.75, 3.05) is 6.54 Å². The highest BCUT2D eigenvalue weighted by molar-refractivity contribution is 7.80. The Morgan fingerprint density at radius 1 is 1.78 bits per heavy atom. The van der Waals surface area contributed by atoms with Gasteiger partial charge in [-0.05, 0) is 13.8 Å². The van der Waals surface area contributed by atoms with E-state index in [-0.39, 0.29) is 5.44 Å². The van der Waals surface area contributed by atoms with Crippen LogP contribution in [0.3, 0.4) is 0 Å². The Hall–Kier alpha value is -0.180. The SMILES string of the molecule is CC/N=C(/C)OC(C)S. The van der Waals surface area contributed by atoms with Crippen LogP contribution in [0.25, 0.3) is 0 Å². The number of ether oxygens (including phenoxy) is 1. The molecule has 0 saturated carbocycles. The summed E-state index contributed by atoms with van der Waals surface area (Å²) in [5, 5.41) is 0. The zero-order valence-corrected chi connectivity index (χ0v) is 6.98. The fourth-order valence-electron chi connectivity index (χ4n) is 0.507. The minimum absolute atomic E-state index is 0.0553. The third-order valence-corrected chi connectivity index (χ3v) is 0.827. The smallest absolute Gasteiger partial charge is 0.181 e. The molecule has 0 aromatic heterocycles. The van der Waals surface area contributed by atoms with Gasteiger partial charge >= 0.3 is 0 Å². The van der Waals surface area contributed by atoms with Gasteiger partial charge in [0.25, 0.3) is 0 Å². The van der Waals surface area contributed by atoms with Gasteiger partial charge in [-0.1, -0.05) is 0 Å². The van der Waals surface area contributed by atoms with E-state index in [4.69, 9.17) is 4.74 Å². The molecule has 54 valence electrons. The molecule has 1 atom stereocenters. The number of hydrogen-bond donors (Lipinski definition) is 1. The predicted octanol–water partition coefficient (Wildman–Crippen LogP) is 1.72. The van der Waals surface area contributed by atoms with E-state index in [1.165, 1.54) is 0 Å². The second-order valence-corrected chi connectivity index (χ2v) is 2.44. The van der Waals surface area contributed by atoms with Crippen molar-refractivity contribution < 1.29 is 4.74 Å². The predicted molar refractivity (Wildman–Crippen MR) is 43.2 cm³/mol. The van der Waals surface area contributed by atoms with Crippen molar-refractivity contribution in [3.8, 4) is 0 Å². The summed E-state index contributed by atoms with van der Waals surface area (Å²) in [5.41, 5.74) is -0.0553. The molecular formula is C6H13NOS. The van der Waals surface area contributed by atoms with Crippen molar-refractivity contribution in [2.24, 2.45) is 4.99 Å². The third kappa shape index (κ3) is 5.69. The number of hydrogen-bond acceptors (Lipinski definition) is 3. The van der Waals surface area contributed by atoms with Gasteiger partial charge in [0.2, 0.25) is 0 Å². The summed E-state index contributed by atoms with van der Waals surface area (Å²) in [6, 6.07) is 0. The lowest BCUT2D eigenvalue weighted by Crippen LogP contribution is -2.05. The number of thiol groups is 1. The standard InChI is InChI=1S/C6H13NOS/c1-4-7-5(2)8-6(3)9/h6,9H,4H2,1-3H3/b7-5-. The molecule has 1 unspecified atom stereocenters. The quantitative estimate of drug-likeness (QED) is 0.273. The van der Waals surface area contributed by atoms with E-state index in [0.29, 0.717) is 5.90 Å². The van der Waals surface area contributed by atoms with Crippen LogP contribution >= 0.6 is 12.6 Å². The minimum Gasteiger partial charge on any atom is -0.468 e. The molecule has 0 aliphatic rings. The van der Waals surface area contributed by atoms with Crippen molar-refractivity contribution in [3.05, 3.63) is 0 Å². The average molecular weight is 147 g/mol. The molecule has 2 nitrogen and oxygen atoms in total. The topological polar surface area (TPSA) is 21.6 Å². The Balaban J connectivity index is 3.49. The van der Waals surface area contributed by atoms with E-state index in [1.54, 1.807) is 0 Å². The van der Waals surface area contributed by atoms with Crippen LogP contribution < -0.4 is 0 Å². The second-order valence-electron chi connectivity index (χ2n) is 1.71. The highest BCUT2D eigenvalue weighted by atomic mass is 32.1. The first kappa shape index (κ1) is 8.82. The molecule has 0 heterocycles. The summed E-state index contributed by atoms with van der Waals surface area (Å²) in [4.78, 5) is 4.01. The lowest BCUT2D eigenvalue weighted by molar-refractivity contribution is 0.293. The number of rotatable bonds is 2. The Bertz CT molecular complexity index is 101. The van der Waals surface area contributed by atoms with Gasteiger partial charge in [0.15, 0.2) is 5.90 Å². The number of nitrogens with zero attached hydrogens (tertiary/aromatic N) is 1. The zero-order chi connectivity index (χ0) is 7.28. The molecule has 0 spiro atoms. The van der Waals surface area contributed by atoms with Crippen LogP contribution in [-0.2, 0) is 4.74 Å². The lowest BCUT2D eigenvalue weighted by atomic mass is 10.7. The minimum atomic E-state index is -0.0553. The van der Waals surface area contributed by atoms with Crippen LogP contribution in [0.2, 0.25) is 0 Å². The Kier molecular flexibility index (Phi) is 4.58. The van der Waals surface area contributed by atoms with Gasteiger partial charge in [-0.3, -0.25) is 4.99 Å². The molecule has 0 aliphatic carbocycles. The maximum absolute atomic E-state index is 5.10. The maximum atomic E-state index is 5.10. The monoisotopic (exact) mass is 147 g/mol. The Morgan fingerprint density at radius 2 is 2.33 bits per heavy atom. The Morgan fingerprint density at radius 3 is 2.67 bits per heavy atom. The van der Waals surface area contributed by atoms with Crippen molar-refractivity contribution in [3.63, 3.8) is 0 Å². The molecule has 0 aliphatic heterocycles. The van der Waals surface area contributed by atoms with Crippen molar-refractivity contribution in [1.82, 2.24) is 0 Å². The summed E-state index contributed by atoms with van der Waals surface area (Å²) < 4.78 is 5.10. The van der Waals surface area contributed by atoms with Gasteiger partial charge < -0.3 is 4.74 Å². The number of aliphatic imine (C=N–C) groups is 1. The molecule has 3 heteroatoms. The third-order valence-electron chi connectivity index (χ3n) is 0.722. The van der Waals surface area contributed by atoms with Gasteiger partial charge in [-0.15, -0.1) is 12.6 Å². The average Bonchev–Trinajstić information content (AvgIpc) is 1.63. The van der Waals surface area contributed by atoms with E-state index < -0.39 is 0 Å². The summed E-state index contributed by atoms with van der Waals surface area (Å²) in [6.45, 7) is 6.43. The fourth-order valence-corrected chi connectivity index (χ4v) is 0.659. The molecule has 0 saturated heterocycles. The van der Waals surface area contributed by atoms with Gasteiger partial charge in [0, 0.05) is 13.5 Å². The molecule has 0 aromatic rings. The summed E-state index contributed by atoms with van der Waals surface area (Å²) in [6.07, 6.45) is 0. The molecule has 0 bridgehead atoms. The van der Waals surface area contributed by atoms with Crippen LogP contribution in [0.4, 0.5) is 0 Å². The van der Waals surface area contributed by atoms with Crippen LogP contribution in [0.1, 0.15) is 20.8 Å². The second kappa shape index (κ2) is 4.68. The van der Waals surface area contributed by atoms with Crippen molar-refractivity contribution in [2.45, 2.75) is 26.2 Å². The molecule has 0 rings (SSSR count). The van der Waals surface area contributed by atoms with E-state index in [1.807, 2.05) is 20.8 Å². The molecular weight excluding hydrogens is 134 g/mol. The van der Waals surface area contributed by atoms with Crippen molar-refractivity contribution in [1.29, 1.82) is 0 Å². The van der Waals surface area contributed by atoms with Gasteiger partial charge in [0.1, 0.15) is 5.44 Å². The summed E-state index contributed by atoms with van der Waals surface area (Å²) in [7, 11) is 0. The van der Waals surface area contributed by atoms with E-state index in [2.05, 4.69) is 17.6 Å². The largest absolute Gasteiger partial charge is 0.468 e. The van der Waals surface area contributed by atoms with E-state index in [0.717, 1.165) is 6.54 Å². The van der Waals surface area contributed by atoms with Gasteiger partial charge in [-0.2, -0.15) is 0 Å². The molecule has 0 N–H and O–H groups in total. The maximum Gasteiger partial charge on any atom is 0.181 e. The molecule has 0 amide bonds. The lowest BCUT2D eigenvalue weighted by Gasteiger charge is -2.06. The summed E-state index contributed by atoms with van der Waals surface area (Å²) >= 11 is 4.03. The normalized spacial score (nSPS) is 15.3. The van der Waals surface area contributed by atoms with E-state index >= 15 is 0 Å². The molecule has 0 fully saturated rings. The van der Waals surface area contributed by atoms with Crippen LogP contribution in [0.15, 0.2) is 4.99 Å². The van der Waals surface area contributed by atoms with E-state index in [9.17, 15) is 0 Å². The Labute approximate surface area is 61.7 Å². The first-order valence-electron chi connectivity index (χ1n) is 3.02. The van der Waals surface area contributed by atoms with Crippen LogP contribution in [0, 0.1) is 0 Å². The first-order valence-corrected chi connectivity index (χ1v) is 3.54. The fraction of sp³-hybridized carbons (Fsp3) is 0.833. The highest BCUT2D eigenvalue weighted by Crippen LogP contribution is 1.95. The molecule has 0 aromatic carbocycles. The summed E-state index contributed by atoms with van der Waals surface area (Å²) in [5.74, 6) is 0.708. The van der Waals surface area contributed by atoms with Crippen LogP contribution in [-0.4, -0.2) is 17.9 Å². The zero-order valence-electron chi connectivity index (χ0n) is 6.09. The molecule has 9 heavy (non-hydrogen) atoms. The first-order chi connectivity index (χ1) is 4.16. The van der Waals surface area contributed by atoms with Crippen molar-refractivity contribution >= 4 is 18.5 Å². The molecule has 0 radical (unpaired) electrons. The van der Waals surface area contributed by atoms with Crippen LogP contribution in [0.5, 0.6) is 0 Å². The highest BCUT2D eigenvalue weighted by Gasteiger charge is 1.93. The van der Waals surface area contributed by atoms with Gasteiger partial charge in [-0.25, -0.2) is 0 Å². The van der Waals surface area contributed by atoms with Gasteiger partial charge in [0.05, 0.1) is 0 Å².